The van der Waals surface area contributed by atoms with Crippen LogP contribution in [0.3, 0.4) is 0 Å². The predicted molar refractivity (Wildman–Crippen MR) is 114 cm³/mol. The van der Waals surface area contributed by atoms with E-state index in [0.717, 1.165) is 22.2 Å². The van der Waals surface area contributed by atoms with Gasteiger partial charge in [-0.1, -0.05) is 6.08 Å². The second-order valence-electron chi connectivity index (χ2n) is 5.62. The number of carbonyl (C=O) groups is 1. The first-order valence-electron chi connectivity index (χ1n) is 8.51. The Morgan fingerprint density at radius 3 is 2.64 bits per heavy atom. The van der Waals surface area contributed by atoms with Gasteiger partial charge in [-0.2, -0.15) is 0 Å². The Hall–Kier alpha value is -2.65. The summed E-state index contributed by atoms with van der Waals surface area (Å²) < 4.78 is 16.2. The largest absolute Gasteiger partial charge is 0.381 e. The number of nitrogens with zero attached hydrogens (tertiary/aromatic N) is 4. The number of carbonyl (C=O) groups excluding carboxylic acids is 1. The SMILES string of the molecule is C/C=C(\C)N(C)C=Nc1c(C=O)sc2ncnc(NC)c12.COC/C=C(\C)F. The van der Waals surface area contributed by atoms with Gasteiger partial charge in [-0.25, -0.2) is 19.4 Å². The van der Waals surface area contributed by atoms with E-state index in [2.05, 4.69) is 25.0 Å². The molecule has 2 aromatic rings. The molecule has 7 nitrogen and oxygen atoms in total. The number of allylic oxidation sites excluding steroid dienone is 3. The van der Waals surface area contributed by atoms with E-state index in [1.54, 1.807) is 13.4 Å². The van der Waals surface area contributed by atoms with E-state index < -0.39 is 0 Å². The fourth-order valence-corrected chi connectivity index (χ4v) is 2.87. The van der Waals surface area contributed by atoms with E-state index in [9.17, 15) is 9.18 Å². The van der Waals surface area contributed by atoms with Gasteiger partial charge >= 0.3 is 0 Å². The summed E-state index contributed by atoms with van der Waals surface area (Å²) in [6.07, 6.45) is 7.33. The molecule has 0 aliphatic heterocycles. The maximum Gasteiger partial charge on any atom is 0.162 e. The number of ether oxygens (including phenoxy) is 1. The van der Waals surface area contributed by atoms with Crippen LogP contribution in [-0.2, 0) is 4.74 Å². The average molecular weight is 408 g/mol. The molecule has 0 bridgehead atoms. The number of nitrogens with one attached hydrogen (secondary N) is 1. The molecule has 0 aliphatic rings. The van der Waals surface area contributed by atoms with Crippen molar-refractivity contribution in [2.45, 2.75) is 20.8 Å². The Bertz CT molecular complexity index is 873. The molecule has 0 spiro atoms. The number of thiophene rings is 1. The molecule has 0 saturated carbocycles. The number of rotatable bonds is 7. The zero-order valence-corrected chi connectivity index (χ0v) is 17.8. The Kier molecular flexibility index (Phi) is 9.97. The molecule has 152 valence electrons. The molecule has 28 heavy (non-hydrogen) atoms. The molecule has 0 saturated heterocycles. The summed E-state index contributed by atoms with van der Waals surface area (Å²) in [7, 11) is 5.21. The number of aromatic nitrogens is 2. The van der Waals surface area contributed by atoms with E-state index >= 15 is 0 Å². The number of methoxy groups -OCH3 is 1. The predicted octanol–water partition coefficient (Wildman–Crippen LogP) is 4.57. The minimum atomic E-state index is -0.193. The third kappa shape index (κ3) is 6.50. The molecule has 0 unspecified atom stereocenters. The highest BCUT2D eigenvalue weighted by Crippen LogP contribution is 2.38. The topological polar surface area (TPSA) is 79.7 Å². The highest BCUT2D eigenvalue weighted by molar-refractivity contribution is 7.21. The van der Waals surface area contributed by atoms with Crippen molar-refractivity contribution in [3.8, 4) is 0 Å². The van der Waals surface area contributed by atoms with Crippen LogP contribution >= 0.6 is 11.3 Å². The molecule has 9 heteroatoms. The molecule has 0 radical (unpaired) electrons. The summed E-state index contributed by atoms with van der Waals surface area (Å²) in [6.45, 7) is 5.70. The summed E-state index contributed by atoms with van der Waals surface area (Å²) >= 11 is 1.31. The Morgan fingerprint density at radius 2 is 2.14 bits per heavy atom. The molecule has 0 aromatic carbocycles. The van der Waals surface area contributed by atoms with Crippen molar-refractivity contribution in [1.82, 2.24) is 14.9 Å². The Balaban J connectivity index is 0.000000480. The van der Waals surface area contributed by atoms with E-state index in [-0.39, 0.29) is 5.83 Å². The van der Waals surface area contributed by atoms with Crippen LogP contribution in [0.25, 0.3) is 10.2 Å². The van der Waals surface area contributed by atoms with Crippen LogP contribution in [-0.4, -0.2) is 55.3 Å². The average Bonchev–Trinajstić information content (AvgIpc) is 3.07. The molecule has 0 fully saturated rings. The highest BCUT2D eigenvalue weighted by Gasteiger charge is 2.16. The quantitative estimate of drug-likeness (QED) is 0.411. The molecular formula is C19H26FN5O2S. The van der Waals surface area contributed by atoms with Gasteiger partial charge in [0.1, 0.15) is 17.0 Å². The van der Waals surface area contributed by atoms with Gasteiger partial charge in [0.05, 0.1) is 34.7 Å². The van der Waals surface area contributed by atoms with Crippen LogP contribution in [0, 0.1) is 0 Å². The van der Waals surface area contributed by atoms with Gasteiger partial charge in [-0.05, 0) is 26.8 Å². The zero-order valence-electron chi connectivity index (χ0n) is 17.0. The first kappa shape index (κ1) is 23.4. The number of hydrogen-bond acceptors (Lipinski definition) is 7. The lowest BCUT2D eigenvalue weighted by atomic mass is 10.3. The zero-order chi connectivity index (χ0) is 21.1. The van der Waals surface area contributed by atoms with Gasteiger partial charge in [-0.15, -0.1) is 11.3 Å². The second kappa shape index (κ2) is 11.9. The molecule has 2 rings (SSSR count). The lowest BCUT2D eigenvalue weighted by Crippen LogP contribution is -2.12. The number of aldehydes is 1. The molecular weight excluding hydrogens is 381 g/mol. The standard InChI is InChI=1S/C14H17N5OS.C5H9FO/c1-5-9(2)19(4)8-18-12-10(6-20)21-14-11(12)13(15-3)16-7-17-14;1-5(6)3-4-7-2/h5-8H,1-4H3,(H,15,16,17);3H,4H2,1-2H3/b9-5+,18-8?;5-3+. The minimum Gasteiger partial charge on any atom is -0.381 e. The summed E-state index contributed by atoms with van der Waals surface area (Å²) in [6, 6.07) is 0. The summed E-state index contributed by atoms with van der Waals surface area (Å²) in [5, 5.41) is 3.78. The van der Waals surface area contributed by atoms with Crippen LogP contribution < -0.4 is 5.32 Å². The van der Waals surface area contributed by atoms with Crippen LogP contribution in [0.15, 0.2) is 35.0 Å². The van der Waals surface area contributed by atoms with Crippen LogP contribution in [0.4, 0.5) is 15.9 Å². The maximum absolute atomic E-state index is 11.7. The third-order valence-corrected chi connectivity index (χ3v) is 4.71. The number of fused-ring (bicyclic) bond motifs is 1. The summed E-state index contributed by atoms with van der Waals surface area (Å²) in [5.41, 5.74) is 1.67. The first-order chi connectivity index (χ1) is 13.4. The van der Waals surface area contributed by atoms with Gasteiger partial charge in [-0.3, -0.25) is 4.79 Å². The van der Waals surface area contributed by atoms with Crippen LogP contribution in [0.5, 0.6) is 0 Å². The first-order valence-corrected chi connectivity index (χ1v) is 9.32. The van der Waals surface area contributed by atoms with Gasteiger partial charge in [0.25, 0.3) is 0 Å². The van der Waals surface area contributed by atoms with Crippen molar-refractivity contribution >= 4 is 45.7 Å². The van der Waals surface area contributed by atoms with E-state index in [1.165, 1.54) is 37.8 Å². The summed E-state index contributed by atoms with van der Waals surface area (Å²) in [4.78, 5) is 27.3. The molecule has 2 aromatic heterocycles. The highest BCUT2D eigenvalue weighted by atomic mass is 32.1. The molecule has 1 N–H and O–H groups in total. The molecule has 2 heterocycles. The van der Waals surface area contributed by atoms with Crippen molar-refractivity contribution in [2.24, 2.45) is 4.99 Å². The smallest absolute Gasteiger partial charge is 0.162 e. The number of aliphatic imine (C=N–C) groups is 1. The fraction of sp³-hybridized carbons (Fsp3) is 0.368. The van der Waals surface area contributed by atoms with Crippen molar-refractivity contribution in [2.75, 3.05) is 33.1 Å². The fourth-order valence-electron chi connectivity index (χ4n) is 1.97. The summed E-state index contributed by atoms with van der Waals surface area (Å²) in [5.74, 6) is 0.476. The van der Waals surface area contributed by atoms with Crippen LogP contribution in [0.2, 0.25) is 0 Å². The van der Waals surface area contributed by atoms with E-state index in [1.807, 2.05) is 31.9 Å². The van der Waals surface area contributed by atoms with Crippen molar-refractivity contribution in [3.63, 3.8) is 0 Å². The number of halogens is 1. The normalized spacial score (nSPS) is 12.1. The van der Waals surface area contributed by atoms with Gasteiger partial charge in [0, 0.05) is 26.9 Å². The monoisotopic (exact) mass is 407 g/mol. The van der Waals surface area contributed by atoms with Crippen molar-refractivity contribution in [1.29, 1.82) is 0 Å². The molecule has 0 aliphatic carbocycles. The lowest BCUT2D eigenvalue weighted by Gasteiger charge is -2.12. The third-order valence-electron chi connectivity index (χ3n) is 3.70. The van der Waals surface area contributed by atoms with E-state index in [4.69, 9.17) is 0 Å². The van der Waals surface area contributed by atoms with Crippen molar-refractivity contribution in [3.05, 3.63) is 34.9 Å². The molecule has 0 atom stereocenters. The Morgan fingerprint density at radius 1 is 1.43 bits per heavy atom. The molecule has 0 amide bonds. The van der Waals surface area contributed by atoms with Gasteiger partial charge in [0.15, 0.2) is 6.29 Å². The minimum absolute atomic E-state index is 0.193. The van der Waals surface area contributed by atoms with Crippen molar-refractivity contribution < 1.29 is 13.9 Å². The van der Waals surface area contributed by atoms with E-state index in [0.29, 0.717) is 23.0 Å². The maximum atomic E-state index is 11.7. The number of anilines is 1. The number of hydrogen-bond donors (Lipinski definition) is 1. The second-order valence-corrected chi connectivity index (χ2v) is 6.65. The van der Waals surface area contributed by atoms with Gasteiger partial charge in [0.2, 0.25) is 0 Å². The lowest BCUT2D eigenvalue weighted by molar-refractivity contribution is 0.112. The Labute approximate surface area is 168 Å². The van der Waals surface area contributed by atoms with Crippen LogP contribution in [0.1, 0.15) is 30.4 Å². The van der Waals surface area contributed by atoms with Gasteiger partial charge < -0.3 is 15.0 Å².